The second-order valence-electron chi connectivity index (χ2n) is 3.77. The van der Waals surface area contributed by atoms with Gasteiger partial charge in [0.05, 0.1) is 0 Å². The summed E-state index contributed by atoms with van der Waals surface area (Å²) < 4.78 is -1.36. The zero-order valence-electron chi connectivity index (χ0n) is 9.95. The molecule has 17 heavy (non-hydrogen) atoms. The van der Waals surface area contributed by atoms with Gasteiger partial charge < -0.3 is 0 Å². The van der Waals surface area contributed by atoms with Crippen molar-refractivity contribution in [3.63, 3.8) is 0 Å². The van der Waals surface area contributed by atoms with E-state index in [9.17, 15) is 0 Å². The highest BCUT2D eigenvalue weighted by atomic mass is 35.5. The maximum absolute atomic E-state index is 5.78. The molecule has 0 radical (unpaired) electrons. The van der Waals surface area contributed by atoms with Gasteiger partial charge in [-0.05, 0) is 17.6 Å². The molecule has 0 N–H and O–H groups in total. The Hall–Kier alpha value is 1.07. The fourth-order valence-electron chi connectivity index (χ4n) is 1.16. The first-order valence-electron chi connectivity index (χ1n) is 5.80. The van der Waals surface area contributed by atoms with Crippen molar-refractivity contribution in [3.05, 3.63) is 0 Å². The Kier molecular flexibility index (Phi) is 11.6. The van der Waals surface area contributed by atoms with Crippen molar-refractivity contribution in [2.24, 2.45) is 0 Å². The van der Waals surface area contributed by atoms with Crippen LogP contribution in [-0.2, 0) is 0 Å². The Morgan fingerprint density at radius 1 is 1.06 bits per heavy atom. The second-order valence-corrected chi connectivity index (χ2v) is 7.15. The molecule has 0 spiro atoms. The van der Waals surface area contributed by atoms with Gasteiger partial charge in [0.15, 0.2) is 4.84 Å². The lowest BCUT2D eigenvalue weighted by molar-refractivity contribution is 0.627. The van der Waals surface area contributed by atoms with Crippen molar-refractivity contribution >= 4 is 58.2 Å². The Balaban J connectivity index is 3.49. The van der Waals surface area contributed by atoms with Crippen molar-refractivity contribution in [2.45, 2.75) is 54.6 Å². The third kappa shape index (κ3) is 10.7. The zero-order chi connectivity index (χ0) is 13.1. The smallest absolute Gasteiger partial charge is 0.101 e. The van der Waals surface area contributed by atoms with Crippen molar-refractivity contribution in [3.8, 4) is 11.2 Å². The third-order valence-corrected chi connectivity index (χ3v) is 4.63. The van der Waals surface area contributed by atoms with Crippen LogP contribution in [0.3, 0.4) is 0 Å². The molecule has 0 aromatic carbocycles. The molecule has 0 saturated carbocycles. The van der Waals surface area contributed by atoms with Crippen LogP contribution in [0.25, 0.3) is 0 Å². The Morgan fingerprint density at radius 3 is 2.24 bits per heavy atom. The van der Waals surface area contributed by atoms with Gasteiger partial charge in [-0.15, -0.1) is 23.2 Å². The molecule has 0 aliphatic heterocycles. The van der Waals surface area contributed by atoms with Crippen molar-refractivity contribution < 1.29 is 0 Å². The molecule has 0 aliphatic carbocycles. The van der Waals surface area contributed by atoms with Gasteiger partial charge in [0.25, 0.3) is 0 Å². The highest BCUT2D eigenvalue weighted by molar-refractivity contribution is 8.03. The molecule has 0 amide bonds. The Bertz CT molecular complexity index is 243. The summed E-state index contributed by atoms with van der Waals surface area (Å²) in [5.41, 5.74) is 0. The van der Waals surface area contributed by atoms with Crippen molar-refractivity contribution in [2.75, 3.05) is 5.75 Å². The standard InChI is InChI=1S/C12H18Cl4S/c1-2-3-4-5-6-7-9-17-10-8-12(15,16)11(13)14/h11H,2-7,9H2,1H3. The number of hydrogen-bond acceptors (Lipinski definition) is 1. The van der Waals surface area contributed by atoms with Gasteiger partial charge >= 0.3 is 0 Å². The largest absolute Gasteiger partial charge is 0.208 e. The minimum absolute atomic E-state index is 0.895. The third-order valence-electron chi connectivity index (χ3n) is 2.16. The van der Waals surface area contributed by atoms with E-state index in [0.717, 1.165) is 5.75 Å². The topological polar surface area (TPSA) is 0 Å². The molecule has 100 valence electrons. The summed E-state index contributed by atoms with van der Waals surface area (Å²) in [7, 11) is 0. The number of unbranched alkanes of at least 4 members (excludes halogenated alkanes) is 5. The van der Waals surface area contributed by atoms with E-state index in [1.807, 2.05) is 0 Å². The average Bonchev–Trinajstić information content (AvgIpc) is 2.26. The highest BCUT2D eigenvalue weighted by Crippen LogP contribution is 2.31. The predicted octanol–water partition coefficient (Wildman–Crippen LogP) is 6.02. The van der Waals surface area contributed by atoms with Crippen molar-refractivity contribution in [1.29, 1.82) is 0 Å². The van der Waals surface area contributed by atoms with Gasteiger partial charge in [0.1, 0.15) is 0 Å². The highest BCUT2D eigenvalue weighted by Gasteiger charge is 2.29. The van der Waals surface area contributed by atoms with Crippen LogP contribution in [0.2, 0.25) is 0 Å². The SMILES string of the molecule is CCCCCCCCSC#CC(Cl)(Cl)C(Cl)Cl. The van der Waals surface area contributed by atoms with E-state index in [1.165, 1.54) is 50.3 Å². The van der Waals surface area contributed by atoms with E-state index in [1.54, 1.807) is 0 Å². The number of rotatable bonds is 8. The van der Waals surface area contributed by atoms with Crippen LogP contribution in [-0.4, -0.2) is 14.9 Å². The van der Waals surface area contributed by atoms with Gasteiger partial charge in [-0.1, -0.05) is 74.0 Å². The van der Waals surface area contributed by atoms with Crippen LogP contribution in [0.5, 0.6) is 0 Å². The summed E-state index contributed by atoms with van der Waals surface area (Å²) in [6, 6.07) is 0. The fraction of sp³-hybridized carbons (Fsp3) is 0.833. The molecule has 0 aromatic rings. The maximum atomic E-state index is 5.78. The molecule has 5 heteroatoms. The molecule has 0 unspecified atom stereocenters. The van der Waals surface area contributed by atoms with Crippen LogP contribution in [0.15, 0.2) is 0 Å². The lowest BCUT2D eigenvalue weighted by atomic mass is 10.1. The van der Waals surface area contributed by atoms with Crippen LogP contribution in [0.4, 0.5) is 0 Å². The average molecular weight is 336 g/mol. The molecule has 0 aliphatic rings. The molecular formula is C12H18Cl4S. The number of alkyl halides is 4. The fourth-order valence-corrected chi connectivity index (χ4v) is 2.16. The summed E-state index contributed by atoms with van der Waals surface area (Å²) in [4.78, 5) is -0.895. The maximum Gasteiger partial charge on any atom is 0.208 e. The van der Waals surface area contributed by atoms with Gasteiger partial charge in [0, 0.05) is 5.75 Å². The quantitative estimate of drug-likeness (QED) is 0.297. The van der Waals surface area contributed by atoms with E-state index in [-0.39, 0.29) is 0 Å². The number of hydrogen-bond donors (Lipinski definition) is 0. The lowest BCUT2D eigenvalue weighted by Gasteiger charge is -2.11. The molecule has 0 nitrogen and oxygen atoms in total. The van der Waals surface area contributed by atoms with Gasteiger partial charge in [-0.3, -0.25) is 0 Å². The van der Waals surface area contributed by atoms with E-state index < -0.39 is 9.17 Å². The monoisotopic (exact) mass is 334 g/mol. The van der Waals surface area contributed by atoms with Crippen LogP contribution >= 0.6 is 58.2 Å². The molecule has 0 heterocycles. The summed E-state index contributed by atoms with van der Waals surface area (Å²) in [6.45, 7) is 2.22. The van der Waals surface area contributed by atoms with Crippen LogP contribution in [0.1, 0.15) is 45.4 Å². The Morgan fingerprint density at radius 2 is 1.65 bits per heavy atom. The first kappa shape index (κ1) is 18.1. The minimum Gasteiger partial charge on any atom is -0.101 e. The molecular weight excluding hydrogens is 318 g/mol. The van der Waals surface area contributed by atoms with Crippen LogP contribution < -0.4 is 0 Å². The molecule has 0 rings (SSSR count). The number of halogens is 4. The first-order valence-corrected chi connectivity index (χ1v) is 8.42. The van der Waals surface area contributed by atoms with Gasteiger partial charge in [-0.25, -0.2) is 0 Å². The lowest BCUT2D eigenvalue weighted by Crippen LogP contribution is -2.18. The van der Waals surface area contributed by atoms with E-state index in [4.69, 9.17) is 46.4 Å². The zero-order valence-corrected chi connectivity index (χ0v) is 13.8. The summed E-state index contributed by atoms with van der Waals surface area (Å²) in [6.07, 6.45) is 7.69. The minimum atomic E-state index is -1.36. The molecule has 0 bridgehead atoms. The van der Waals surface area contributed by atoms with E-state index in [0.29, 0.717) is 0 Å². The van der Waals surface area contributed by atoms with E-state index in [2.05, 4.69) is 18.1 Å². The molecule has 0 saturated heterocycles. The summed E-state index contributed by atoms with van der Waals surface area (Å²) in [5, 5.41) is 2.84. The van der Waals surface area contributed by atoms with E-state index >= 15 is 0 Å². The van der Waals surface area contributed by atoms with Gasteiger partial charge in [0.2, 0.25) is 4.33 Å². The van der Waals surface area contributed by atoms with Crippen LogP contribution in [0, 0.1) is 11.2 Å². The van der Waals surface area contributed by atoms with Gasteiger partial charge in [-0.2, -0.15) is 0 Å². The Labute approximate surface area is 129 Å². The molecule has 0 aromatic heterocycles. The molecule has 0 atom stereocenters. The summed E-state index contributed by atoms with van der Waals surface area (Å²) >= 11 is 24.2. The molecule has 0 fully saturated rings. The predicted molar refractivity (Wildman–Crippen MR) is 83.5 cm³/mol. The normalized spacial score (nSPS) is 11.4. The number of thioether (sulfide) groups is 1. The summed E-state index contributed by atoms with van der Waals surface area (Å²) in [5.74, 6) is 3.65. The first-order chi connectivity index (χ1) is 8.00. The second kappa shape index (κ2) is 10.9. The van der Waals surface area contributed by atoms with Crippen molar-refractivity contribution in [1.82, 2.24) is 0 Å².